The number of rotatable bonds is 4. The molecule has 0 atom stereocenters. The lowest BCUT2D eigenvalue weighted by molar-refractivity contribution is 0.233. The van der Waals surface area contributed by atoms with Crippen LogP contribution in [0.5, 0.6) is 0 Å². The summed E-state index contributed by atoms with van der Waals surface area (Å²) >= 11 is 0. The van der Waals surface area contributed by atoms with E-state index in [2.05, 4.69) is 13.5 Å². The molecule has 0 saturated carbocycles. The lowest BCUT2D eigenvalue weighted by Crippen LogP contribution is -2.17. The van der Waals surface area contributed by atoms with E-state index in [1.54, 1.807) is 4.90 Å². The molecule has 0 aromatic rings. The minimum absolute atomic E-state index is 0.156. The SMILES string of the molecule is C=C(O)N(C)CCCC. The Morgan fingerprint density at radius 2 is 2.22 bits per heavy atom. The molecule has 0 heterocycles. The first-order valence-corrected chi connectivity index (χ1v) is 3.27. The van der Waals surface area contributed by atoms with E-state index in [0.29, 0.717) is 0 Å². The molecule has 0 spiro atoms. The minimum atomic E-state index is 0.156. The Hall–Kier alpha value is -0.660. The van der Waals surface area contributed by atoms with Crippen molar-refractivity contribution in [2.75, 3.05) is 13.6 Å². The predicted octanol–water partition coefficient (Wildman–Crippen LogP) is 1.75. The highest BCUT2D eigenvalue weighted by Gasteiger charge is 1.95. The molecule has 0 aromatic heterocycles. The lowest BCUT2D eigenvalue weighted by Gasteiger charge is -2.15. The van der Waals surface area contributed by atoms with Gasteiger partial charge in [-0.25, -0.2) is 0 Å². The van der Waals surface area contributed by atoms with E-state index in [0.717, 1.165) is 19.4 Å². The van der Waals surface area contributed by atoms with Crippen LogP contribution in [0.3, 0.4) is 0 Å². The topological polar surface area (TPSA) is 23.5 Å². The summed E-state index contributed by atoms with van der Waals surface area (Å²) in [4.78, 5) is 1.74. The van der Waals surface area contributed by atoms with Gasteiger partial charge in [0.1, 0.15) is 0 Å². The molecule has 0 unspecified atom stereocenters. The molecular formula is C7H15NO. The fourth-order valence-corrected chi connectivity index (χ4v) is 0.524. The highest BCUT2D eigenvalue weighted by atomic mass is 16.3. The lowest BCUT2D eigenvalue weighted by atomic mass is 10.3. The van der Waals surface area contributed by atoms with Gasteiger partial charge in [-0.15, -0.1) is 0 Å². The highest BCUT2D eigenvalue weighted by molar-refractivity contribution is 4.76. The van der Waals surface area contributed by atoms with Crippen LogP contribution in [-0.4, -0.2) is 23.6 Å². The first-order chi connectivity index (χ1) is 4.18. The summed E-state index contributed by atoms with van der Waals surface area (Å²) in [6.07, 6.45) is 2.26. The van der Waals surface area contributed by atoms with Crippen LogP contribution in [0.1, 0.15) is 19.8 Å². The summed E-state index contributed by atoms with van der Waals surface area (Å²) in [5.74, 6) is 0.156. The third-order valence-electron chi connectivity index (χ3n) is 1.29. The van der Waals surface area contributed by atoms with Gasteiger partial charge in [0, 0.05) is 13.6 Å². The maximum Gasteiger partial charge on any atom is 0.178 e. The van der Waals surface area contributed by atoms with E-state index in [-0.39, 0.29) is 5.88 Å². The summed E-state index contributed by atoms with van der Waals surface area (Å²) < 4.78 is 0. The first-order valence-electron chi connectivity index (χ1n) is 3.27. The molecule has 0 aromatic carbocycles. The number of nitrogens with zero attached hydrogens (tertiary/aromatic N) is 1. The van der Waals surface area contributed by atoms with Gasteiger partial charge in [0.05, 0.1) is 0 Å². The summed E-state index contributed by atoms with van der Waals surface area (Å²) in [5.41, 5.74) is 0. The van der Waals surface area contributed by atoms with Crippen molar-refractivity contribution in [3.63, 3.8) is 0 Å². The molecule has 0 aliphatic carbocycles. The largest absolute Gasteiger partial charge is 0.495 e. The molecule has 2 nitrogen and oxygen atoms in total. The van der Waals surface area contributed by atoms with Crippen LogP contribution in [0.25, 0.3) is 0 Å². The average molecular weight is 129 g/mol. The molecule has 0 bridgehead atoms. The predicted molar refractivity (Wildman–Crippen MR) is 39.3 cm³/mol. The monoisotopic (exact) mass is 129 g/mol. The Bertz CT molecular complexity index is 90.9. The van der Waals surface area contributed by atoms with Gasteiger partial charge >= 0.3 is 0 Å². The second-order valence-electron chi connectivity index (χ2n) is 2.19. The third-order valence-corrected chi connectivity index (χ3v) is 1.29. The number of hydrogen-bond acceptors (Lipinski definition) is 2. The highest BCUT2D eigenvalue weighted by Crippen LogP contribution is 1.95. The number of unbranched alkanes of at least 4 members (excludes halogenated alkanes) is 1. The molecule has 0 radical (unpaired) electrons. The third kappa shape index (κ3) is 3.88. The van der Waals surface area contributed by atoms with E-state index in [1.165, 1.54) is 0 Å². The average Bonchev–Trinajstić information content (AvgIpc) is 1.82. The molecule has 0 aliphatic rings. The van der Waals surface area contributed by atoms with E-state index >= 15 is 0 Å². The molecule has 1 N–H and O–H groups in total. The molecule has 9 heavy (non-hydrogen) atoms. The Balaban J connectivity index is 3.27. The summed E-state index contributed by atoms with van der Waals surface area (Å²) in [5, 5.41) is 8.78. The molecule has 2 heteroatoms. The van der Waals surface area contributed by atoms with Crippen molar-refractivity contribution in [3.05, 3.63) is 12.5 Å². The molecule has 0 fully saturated rings. The maximum atomic E-state index is 8.78. The van der Waals surface area contributed by atoms with Gasteiger partial charge in [-0.3, -0.25) is 0 Å². The van der Waals surface area contributed by atoms with E-state index in [1.807, 2.05) is 7.05 Å². The summed E-state index contributed by atoms with van der Waals surface area (Å²) in [6.45, 7) is 6.40. The van der Waals surface area contributed by atoms with Crippen molar-refractivity contribution < 1.29 is 5.11 Å². The molecule has 0 amide bonds. The zero-order valence-electron chi connectivity index (χ0n) is 6.22. The van der Waals surface area contributed by atoms with Crippen LogP contribution in [0.15, 0.2) is 12.5 Å². The van der Waals surface area contributed by atoms with Crippen LogP contribution >= 0.6 is 0 Å². The van der Waals surface area contributed by atoms with Crippen LogP contribution in [-0.2, 0) is 0 Å². The Kier molecular flexibility index (Phi) is 3.93. The van der Waals surface area contributed by atoms with Gasteiger partial charge in [-0.1, -0.05) is 13.3 Å². The fraction of sp³-hybridized carbons (Fsp3) is 0.714. The Morgan fingerprint density at radius 3 is 2.56 bits per heavy atom. The van der Waals surface area contributed by atoms with Gasteiger partial charge in [0.15, 0.2) is 5.88 Å². The van der Waals surface area contributed by atoms with E-state index in [9.17, 15) is 0 Å². The van der Waals surface area contributed by atoms with Crippen molar-refractivity contribution in [1.82, 2.24) is 4.90 Å². The van der Waals surface area contributed by atoms with Crippen molar-refractivity contribution in [2.45, 2.75) is 19.8 Å². The molecule has 0 saturated heterocycles. The van der Waals surface area contributed by atoms with Gasteiger partial charge in [0.2, 0.25) is 0 Å². The van der Waals surface area contributed by atoms with Crippen molar-refractivity contribution in [3.8, 4) is 0 Å². The molecule has 54 valence electrons. The second kappa shape index (κ2) is 4.24. The zero-order valence-corrected chi connectivity index (χ0v) is 6.22. The first kappa shape index (κ1) is 8.34. The van der Waals surface area contributed by atoms with Crippen molar-refractivity contribution in [2.24, 2.45) is 0 Å². The smallest absolute Gasteiger partial charge is 0.178 e. The molecule has 0 rings (SSSR count). The summed E-state index contributed by atoms with van der Waals surface area (Å²) in [6, 6.07) is 0. The van der Waals surface area contributed by atoms with Gasteiger partial charge in [0.25, 0.3) is 0 Å². The molecular weight excluding hydrogens is 114 g/mol. The number of hydrogen-bond donors (Lipinski definition) is 1. The van der Waals surface area contributed by atoms with Crippen LogP contribution in [0.4, 0.5) is 0 Å². The Morgan fingerprint density at radius 1 is 1.67 bits per heavy atom. The summed E-state index contributed by atoms with van der Waals surface area (Å²) in [7, 11) is 1.83. The Labute approximate surface area is 56.8 Å². The van der Waals surface area contributed by atoms with E-state index in [4.69, 9.17) is 5.11 Å². The number of aliphatic hydroxyl groups excluding tert-OH is 1. The van der Waals surface area contributed by atoms with Crippen molar-refractivity contribution in [1.29, 1.82) is 0 Å². The normalized spacial score (nSPS) is 9.11. The van der Waals surface area contributed by atoms with Crippen LogP contribution < -0.4 is 0 Å². The van der Waals surface area contributed by atoms with Crippen molar-refractivity contribution >= 4 is 0 Å². The maximum absolute atomic E-state index is 8.78. The quantitative estimate of drug-likeness (QED) is 0.584. The van der Waals surface area contributed by atoms with Crippen LogP contribution in [0.2, 0.25) is 0 Å². The minimum Gasteiger partial charge on any atom is -0.495 e. The van der Waals surface area contributed by atoms with Gasteiger partial charge < -0.3 is 10.0 Å². The fourth-order valence-electron chi connectivity index (χ4n) is 0.524. The van der Waals surface area contributed by atoms with Crippen LogP contribution in [0, 0.1) is 0 Å². The van der Waals surface area contributed by atoms with E-state index < -0.39 is 0 Å². The van der Waals surface area contributed by atoms with Gasteiger partial charge in [-0.05, 0) is 13.0 Å². The standard InChI is InChI=1S/C7H15NO/c1-4-5-6-8(3)7(2)9/h9H,2,4-6H2,1,3H3. The number of aliphatic hydroxyl groups is 1. The van der Waals surface area contributed by atoms with Gasteiger partial charge in [-0.2, -0.15) is 0 Å². The molecule has 0 aliphatic heterocycles. The zero-order chi connectivity index (χ0) is 7.28. The second-order valence-corrected chi connectivity index (χ2v) is 2.19.